The maximum Gasteiger partial charge on any atom is 0.223 e. The van der Waals surface area contributed by atoms with Gasteiger partial charge in [0.25, 0.3) is 0 Å². The van der Waals surface area contributed by atoms with Crippen molar-refractivity contribution in [1.29, 1.82) is 0 Å². The lowest BCUT2D eigenvalue weighted by molar-refractivity contribution is 0.795. The molecule has 0 amide bonds. The van der Waals surface area contributed by atoms with Gasteiger partial charge in [-0.3, -0.25) is 0 Å². The highest BCUT2D eigenvalue weighted by Crippen LogP contribution is 2.20. The van der Waals surface area contributed by atoms with E-state index in [0.29, 0.717) is 11.8 Å². The normalized spacial score (nSPS) is 10.9. The minimum atomic E-state index is 0.307. The van der Waals surface area contributed by atoms with Gasteiger partial charge in [-0.2, -0.15) is 0 Å². The molecular formula is C11H12ClN3. The van der Waals surface area contributed by atoms with Gasteiger partial charge < -0.3 is 5.32 Å². The van der Waals surface area contributed by atoms with Crippen molar-refractivity contribution in [1.82, 2.24) is 15.3 Å². The molecule has 0 aliphatic carbocycles. The number of nitrogens with zero attached hydrogens (tertiary/aromatic N) is 2. The fourth-order valence-electron chi connectivity index (χ4n) is 1.63. The van der Waals surface area contributed by atoms with Crippen LogP contribution in [0, 0.1) is 6.92 Å². The summed E-state index contributed by atoms with van der Waals surface area (Å²) >= 11 is 5.88. The van der Waals surface area contributed by atoms with Gasteiger partial charge in [-0.25, -0.2) is 9.97 Å². The number of para-hydroxylation sites is 1. The molecule has 1 aromatic heterocycles. The molecule has 2 aromatic rings. The Labute approximate surface area is 93.5 Å². The van der Waals surface area contributed by atoms with Gasteiger partial charge in [0.2, 0.25) is 5.28 Å². The van der Waals surface area contributed by atoms with Crippen LogP contribution in [0.3, 0.4) is 0 Å². The number of halogens is 1. The first-order valence-electron chi connectivity index (χ1n) is 4.78. The summed E-state index contributed by atoms with van der Waals surface area (Å²) in [6, 6.07) is 6.05. The van der Waals surface area contributed by atoms with Crippen LogP contribution in [0.25, 0.3) is 10.9 Å². The van der Waals surface area contributed by atoms with Gasteiger partial charge >= 0.3 is 0 Å². The van der Waals surface area contributed by atoms with Crippen molar-refractivity contribution in [2.75, 3.05) is 7.05 Å². The zero-order valence-electron chi connectivity index (χ0n) is 8.71. The lowest BCUT2D eigenvalue weighted by atomic mass is 10.1. The number of benzene rings is 1. The van der Waals surface area contributed by atoms with Gasteiger partial charge in [0.05, 0.1) is 11.2 Å². The molecule has 0 saturated heterocycles. The topological polar surface area (TPSA) is 37.8 Å². The van der Waals surface area contributed by atoms with Crippen molar-refractivity contribution >= 4 is 22.5 Å². The molecule has 4 heteroatoms. The van der Waals surface area contributed by atoms with Crippen LogP contribution in [0.15, 0.2) is 18.2 Å². The van der Waals surface area contributed by atoms with Crippen molar-refractivity contribution < 1.29 is 0 Å². The van der Waals surface area contributed by atoms with E-state index in [1.807, 2.05) is 32.2 Å². The lowest BCUT2D eigenvalue weighted by Crippen LogP contribution is -2.08. The Hall–Kier alpha value is -1.19. The molecule has 0 bridgehead atoms. The van der Waals surface area contributed by atoms with Crippen LogP contribution in [0.5, 0.6) is 0 Å². The number of fused-ring (bicyclic) bond motifs is 1. The third kappa shape index (κ3) is 1.94. The fraction of sp³-hybridized carbons (Fsp3) is 0.273. The molecule has 1 N–H and O–H groups in total. The highest BCUT2D eigenvalue weighted by molar-refractivity contribution is 6.28. The molecule has 0 saturated carbocycles. The van der Waals surface area contributed by atoms with Crippen LogP contribution in [0.2, 0.25) is 5.28 Å². The summed E-state index contributed by atoms with van der Waals surface area (Å²) in [5.74, 6) is 0. The Balaban J connectivity index is 2.74. The lowest BCUT2D eigenvalue weighted by Gasteiger charge is -2.06. The van der Waals surface area contributed by atoms with Crippen molar-refractivity contribution in [2.24, 2.45) is 0 Å². The maximum atomic E-state index is 5.88. The van der Waals surface area contributed by atoms with E-state index < -0.39 is 0 Å². The predicted molar refractivity (Wildman–Crippen MR) is 62.0 cm³/mol. The molecule has 0 unspecified atom stereocenters. The van der Waals surface area contributed by atoms with Crippen LogP contribution in [0.4, 0.5) is 0 Å². The summed E-state index contributed by atoms with van der Waals surface area (Å²) in [6.07, 6.45) is 0. The molecule has 78 valence electrons. The van der Waals surface area contributed by atoms with Gasteiger partial charge in [-0.1, -0.05) is 18.2 Å². The third-order valence-electron chi connectivity index (χ3n) is 2.32. The summed E-state index contributed by atoms with van der Waals surface area (Å²) in [4.78, 5) is 8.47. The average molecular weight is 222 g/mol. The first kappa shape index (κ1) is 10.3. The molecule has 1 heterocycles. The molecule has 2 rings (SSSR count). The average Bonchev–Trinajstić information content (AvgIpc) is 2.20. The minimum absolute atomic E-state index is 0.307. The summed E-state index contributed by atoms with van der Waals surface area (Å²) in [6.45, 7) is 2.72. The molecule has 3 nitrogen and oxygen atoms in total. The summed E-state index contributed by atoms with van der Waals surface area (Å²) in [5, 5.41) is 4.45. The summed E-state index contributed by atoms with van der Waals surface area (Å²) in [7, 11) is 1.89. The second-order valence-corrected chi connectivity index (χ2v) is 3.78. The standard InChI is InChI=1S/C11H12ClN3/c1-7-4-3-5-8-9(6-13-2)14-11(12)15-10(7)8/h3-5,13H,6H2,1-2H3. The maximum absolute atomic E-state index is 5.88. The summed E-state index contributed by atoms with van der Waals surface area (Å²) in [5.41, 5.74) is 2.99. The predicted octanol–water partition coefficient (Wildman–Crippen LogP) is 2.31. The zero-order valence-corrected chi connectivity index (χ0v) is 9.47. The highest BCUT2D eigenvalue weighted by Gasteiger charge is 2.06. The molecule has 0 atom stereocenters. The second kappa shape index (κ2) is 4.13. The Morgan fingerprint density at radius 2 is 2.13 bits per heavy atom. The number of hydrogen-bond donors (Lipinski definition) is 1. The molecule has 0 radical (unpaired) electrons. The van der Waals surface area contributed by atoms with Gasteiger partial charge in [0.1, 0.15) is 0 Å². The van der Waals surface area contributed by atoms with E-state index in [4.69, 9.17) is 11.6 Å². The zero-order chi connectivity index (χ0) is 10.8. The van der Waals surface area contributed by atoms with Crippen molar-refractivity contribution in [3.63, 3.8) is 0 Å². The molecule has 0 fully saturated rings. The number of hydrogen-bond acceptors (Lipinski definition) is 3. The van der Waals surface area contributed by atoms with E-state index >= 15 is 0 Å². The highest BCUT2D eigenvalue weighted by atomic mass is 35.5. The first-order chi connectivity index (χ1) is 7.22. The molecule has 1 aromatic carbocycles. The van der Waals surface area contributed by atoms with Gasteiger partial charge in [0, 0.05) is 11.9 Å². The molecule has 0 aliphatic rings. The van der Waals surface area contributed by atoms with E-state index in [-0.39, 0.29) is 0 Å². The monoisotopic (exact) mass is 221 g/mol. The van der Waals surface area contributed by atoms with Crippen LogP contribution in [0.1, 0.15) is 11.3 Å². The third-order valence-corrected chi connectivity index (χ3v) is 2.49. The van der Waals surface area contributed by atoms with Crippen LogP contribution in [-0.2, 0) is 6.54 Å². The van der Waals surface area contributed by atoms with Gasteiger partial charge in [-0.05, 0) is 31.1 Å². The van der Waals surface area contributed by atoms with E-state index in [2.05, 4.69) is 15.3 Å². The number of aryl methyl sites for hydroxylation is 1. The molecule has 0 aliphatic heterocycles. The van der Waals surface area contributed by atoms with E-state index in [0.717, 1.165) is 22.2 Å². The van der Waals surface area contributed by atoms with Crippen molar-refractivity contribution in [3.8, 4) is 0 Å². The largest absolute Gasteiger partial charge is 0.314 e. The number of rotatable bonds is 2. The molecule has 0 spiro atoms. The SMILES string of the molecule is CNCc1nc(Cl)nc2c(C)cccc12. The molecular weight excluding hydrogens is 210 g/mol. The van der Waals surface area contributed by atoms with Gasteiger partial charge in [-0.15, -0.1) is 0 Å². The Bertz CT molecular complexity index is 496. The van der Waals surface area contributed by atoms with E-state index in [9.17, 15) is 0 Å². The fourth-order valence-corrected chi connectivity index (χ4v) is 1.82. The smallest absolute Gasteiger partial charge is 0.223 e. The van der Waals surface area contributed by atoms with E-state index in [1.54, 1.807) is 0 Å². The Kier molecular flexibility index (Phi) is 2.84. The van der Waals surface area contributed by atoms with Crippen LogP contribution < -0.4 is 5.32 Å². The second-order valence-electron chi connectivity index (χ2n) is 3.44. The first-order valence-corrected chi connectivity index (χ1v) is 5.16. The van der Waals surface area contributed by atoms with Crippen molar-refractivity contribution in [3.05, 3.63) is 34.7 Å². The van der Waals surface area contributed by atoms with Crippen LogP contribution >= 0.6 is 11.6 Å². The quantitative estimate of drug-likeness (QED) is 0.791. The molecule has 15 heavy (non-hydrogen) atoms. The van der Waals surface area contributed by atoms with Gasteiger partial charge in [0.15, 0.2) is 0 Å². The van der Waals surface area contributed by atoms with E-state index in [1.165, 1.54) is 0 Å². The summed E-state index contributed by atoms with van der Waals surface area (Å²) < 4.78 is 0. The Morgan fingerprint density at radius 1 is 1.33 bits per heavy atom. The van der Waals surface area contributed by atoms with Crippen LogP contribution in [-0.4, -0.2) is 17.0 Å². The number of nitrogens with one attached hydrogen (secondary N) is 1. The minimum Gasteiger partial charge on any atom is -0.314 e. The van der Waals surface area contributed by atoms with Crippen molar-refractivity contribution in [2.45, 2.75) is 13.5 Å². The number of aromatic nitrogens is 2. The Morgan fingerprint density at radius 3 is 2.87 bits per heavy atom.